The van der Waals surface area contributed by atoms with Gasteiger partial charge in [0.05, 0.1) is 5.41 Å². The number of hydrogen-bond donors (Lipinski definition) is 0. The van der Waals surface area contributed by atoms with Crippen molar-refractivity contribution in [2.24, 2.45) is 17.3 Å². The molecule has 0 aromatic carbocycles. The average Bonchev–Trinajstić information content (AvgIpc) is 3.25. The van der Waals surface area contributed by atoms with Crippen molar-refractivity contribution in [3.8, 4) is 0 Å². The molecule has 3 unspecified atom stereocenters. The van der Waals surface area contributed by atoms with Crippen molar-refractivity contribution in [2.75, 3.05) is 6.61 Å². The summed E-state index contributed by atoms with van der Waals surface area (Å²) in [6.07, 6.45) is 8.38. The van der Waals surface area contributed by atoms with Gasteiger partial charge in [-0.3, -0.25) is 4.79 Å². The van der Waals surface area contributed by atoms with Crippen LogP contribution in [0.1, 0.15) is 79.1 Å². The van der Waals surface area contributed by atoms with Gasteiger partial charge in [0.25, 0.3) is 0 Å². The first-order chi connectivity index (χ1) is 10.9. The molecule has 0 aliphatic heterocycles. The van der Waals surface area contributed by atoms with E-state index in [-0.39, 0.29) is 18.0 Å². The Kier molecular flexibility index (Phi) is 5.74. The fourth-order valence-corrected chi connectivity index (χ4v) is 4.12. The first kappa shape index (κ1) is 18.3. The lowest BCUT2D eigenvalue weighted by atomic mass is 9.76. The van der Waals surface area contributed by atoms with E-state index in [4.69, 9.17) is 9.47 Å². The van der Waals surface area contributed by atoms with E-state index in [2.05, 4.69) is 13.8 Å². The molecule has 23 heavy (non-hydrogen) atoms. The minimum atomic E-state index is -0.431. The molecule has 4 heteroatoms. The summed E-state index contributed by atoms with van der Waals surface area (Å²) in [5, 5.41) is 0. The molecule has 132 valence electrons. The summed E-state index contributed by atoms with van der Waals surface area (Å²) in [5.74, 6) is 0.138. The van der Waals surface area contributed by atoms with Crippen LogP contribution in [0.4, 0.5) is 0 Å². The zero-order chi connectivity index (χ0) is 17.1. The quantitative estimate of drug-likeness (QED) is 0.657. The first-order valence-corrected chi connectivity index (χ1v) is 9.27. The number of carbonyl (C=O) groups excluding carboxylic acids is 2. The zero-order valence-corrected chi connectivity index (χ0v) is 15.2. The molecule has 2 rings (SSSR count). The van der Waals surface area contributed by atoms with Gasteiger partial charge in [0.2, 0.25) is 0 Å². The molecule has 2 saturated carbocycles. The lowest BCUT2D eigenvalue weighted by molar-refractivity contribution is -0.177. The molecule has 0 aromatic heterocycles. The summed E-state index contributed by atoms with van der Waals surface area (Å²) in [6.45, 7) is 7.89. The van der Waals surface area contributed by atoms with Gasteiger partial charge in [-0.15, -0.1) is 0 Å². The van der Waals surface area contributed by atoms with Gasteiger partial charge in [-0.25, -0.2) is 4.79 Å². The Balaban J connectivity index is 1.84. The predicted molar refractivity (Wildman–Crippen MR) is 88.8 cm³/mol. The minimum absolute atomic E-state index is 0.236. The van der Waals surface area contributed by atoms with E-state index in [0.717, 1.165) is 32.1 Å². The van der Waals surface area contributed by atoms with E-state index in [1.165, 1.54) is 19.3 Å². The van der Waals surface area contributed by atoms with Gasteiger partial charge >= 0.3 is 11.9 Å². The van der Waals surface area contributed by atoms with Crippen molar-refractivity contribution in [1.82, 2.24) is 0 Å². The topological polar surface area (TPSA) is 52.6 Å². The second kappa shape index (κ2) is 7.23. The maximum Gasteiger partial charge on any atom is 0.344 e. The third-order valence-electron chi connectivity index (χ3n) is 6.33. The van der Waals surface area contributed by atoms with Crippen molar-refractivity contribution in [3.63, 3.8) is 0 Å². The molecular weight excluding hydrogens is 292 g/mol. The van der Waals surface area contributed by atoms with Gasteiger partial charge in [0.1, 0.15) is 5.60 Å². The number of rotatable bonds is 7. The summed E-state index contributed by atoms with van der Waals surface area (Å²) in [7, 11) is 0. The van der Waals surface area contributed by atoms with Crippen LogP contribution in [0.2, 0.25) is 0 Å². The number of ether oxygens (including phenoxy) is 2. The van der Waals surface area contributed by atoms with Crippen LogP contribution in [-0.2, 0) is 19.1 Å². The highest BCUT2D eigenvalue weighted by molar-refractivity contribution is 5.83. The van der Waals surface area contributed by atoms with Gasteiger partial charge in [0, 0.05) is 0 Å². The van der Waals surface area contributed by atoms with Gasteiger partial charge in [0.15, 0.2) is 6.61 Å². The summed E-state index contributed by atoms with van der Waals surface area (Å²) in [5.41, 5.74) is -0.781. The Morgan fingerprint density at radius 1 is 1.17 bits per heavy atom. The van der Waals surface area contributed by atoms with Crippen molar-refractivity contribution in [3.05, 3.63) is 0 Å². The van der Waals surface area contributed by atoms with E-state index in [1.54, 1.807) is 0 Å². The van der Waals surface area contributed by atoms with E-state index in [1.807, 2.05) is 13.8 Å². The maximum atomic E-state index is 12.2. The number of esters is 2. The van der Waals surface area contributed by atoms with Crippen molar-refractivity contribution in [1.29, 1.82) is 0 Å². The van der Waals surface area contributed by atoms with Crippen molar-refractivity contribution in [2.45, 2.75) is 84.7 Å². The standard InChI is InChI=1S/C19H32O4/c1-5-18(4,15-10-8-7-9-11-15)23-16(20)13-22-17(21)19(6-2)12-14(19)3/h14-15H,5-13H2,1-4H3. The van der Waals surface area contributed by atoms with Crippen LogP contribution in [-0.4, -0.2) is 24.1 Å². The third kappa shape index (κ3) is 3.89. The molecule has 4 nitrogen and oxygen atoms in total. The fourth-order valence-electron chi connectivity index (χ4n) is 4.12. The zero-order valence-electron chi connectivity index (χ0n) is 15.2. The van der Waals surface area contributed by atoms with Gasteiger partial charge in [-0.2, -0.15) is 0 Å². The highest BCUT2D eigenvalue weighted by Crippen LogP contribution is 2.55. The Morgan fingerprint density at radius 2 is 1.78 bits per heavy atom. The molecule has 0 N–H and O–H groups in total. The Morgan fingerprint density at radius 3 is 2.26 bits per heavy atom. The lowest BCUT2D eigenvalue weighted by Gasteiger charge is -2.38. The molecule has 0 spiro atoms. The molecule has 0 aromatic rings. The lowest BCUT2D eigenvalue weighted by Crippen LogP contribution is -2.41. The summed E-state index contributed by atoms with van der Waals surface area (Å²) in [4.78, 5) is 24.4. The molecule has 0 bridgehead atoms. The normalized spacial score (nSPS) is 30.3. The maximum absolute atomic E-state index is 12.2. The molecule has 0 radical (unpaired) electrons. The molecule has 2 aliphatic rings. The SMILES string of the molecule is CCC(C)(OC(=O)COC(=O)C1(CC)CC1C)C1CCCCC1. The van der Waals surface area contributed by atoms with Crippen LogP contribution in [0.15, 0.2) is 0 Å². The number of hydrogen-bond acceptors (Lipinski definition) is 4. The van der Waals surface area contributed by atoms with E-state index in [9.17, 15) is 9.59 Å². The van der Waals surface area contributed by atoms with Crippen LogP contribution in [0, 0.1) is 17.3 Å². The smallest absolute Gasteiger partial charge is 0.344 e. The molecular formula is C19H32O4. The van der Waals surface area contributed by atoms with Crippen LogP contribution >= 0.6 is 0 Å². The van der Waals surface area contributed by atoms with Crippen LogP contribution in [0.5, 0.6) is 0 Å². The predicted octanol–water partition coefficient (Wildman–Crippen LogP) is 4.26. The van der Waals surface area contributed by atoms with Gasteiger partial charge < -0.3 is 9.47 Å². The Bertz CT molecular complexity index is 437. The van der Waals surface area contributed by atoms with E-state index >= 15 is 0 Å². The summed E-state index contributed by atoms with van der Waals surface area (Å²) >= 11 is 0. The van der Waals surface area contributed by atoms with Gasteiger partial charge in [-0.1, -0.05) is 40.0 Å². The summed E-state index contributed by atoms with van der Waals surface area (Å²) in [6, 6.07) is 0. The minimum Gasteiger partial charge on any atom is -0.457 e. The van der Waals surface area contributed by atoms with E-state index < -0.39 is 11.6 Å². The largest absolute Gasteiger partial charge is 0.457 e. The monoisotopic (exact) mass is 324 g/mol. The van der Waals surface area contributed by atoms with Crippen molar-refractivity contribution < 1.29 is 19.1 Å². The van der Waals surface area contributed by atoms with Gasteiger partial charge in [-0.05, 0) is 50.9 Å². The molecule has 0 saturated heterocycles. The third-order valence-corrected chi connectivity index (χ3v) is 6.33. The molecule has 0 heterocycles. The molecule has 0 amide bonds. The first-order valence-electron chi connectivity index (χ1n) is 9.27. The highest BCUT2D eigenvalue weighted by atomic mass is 16.6. The highest BCUT2D eigenvalue weighted by Gasteiger charge is 2.57. The number of carbonyl (C=O) groups is 2. The van der Waals surface area contributed by atoms with E-state index in [0.29, 0.717) is 11.8 Å². The van der Waals surface area contributed by atoms with Crippen LogP contribution in [0.3, 0.4) is 0 Å². The second-order valence-corrected chi connectivity index (χ2v) is 7.67. The Hall–Kier alpha value is -1.06. The Labute approximate surface area is 140 Å². The molecule has 3 atom stereocenters. The van der Waals surface area contributed by atoms with Crippen molar-refractivity contribution >= 4 is 11.9 Å². The second-order valence-electron chi connectivity index (χ2n) is 7.67. The molecule has 2 aliphatic carbocycles. The fraction of sp³-hybridized carbons (Fsp3) is 0.895. The molecule has 2 fully saturated rings. The average molecular weight is 324 g/mol. The van der Waals surface area contributed by atoms with Crippen LogP contribution in [0.25, 0.3) is 0 Å². The summed E-state index contributed by atoms with van der Waals surface area (Å²) < 4.78 is 11.0. The van der Waals surface area contributed by atoms with Crippen LogP contribution < -0.4 is 0 Å².